The fraction of sp³-hybridized carbons (Fsp3) is 0.267. The average molecular weight is 305 g/mol. The average Bonchev–Trinajstić information content (AvgIpc) is 2.96. The lowest BCUT2D eigenvalue weighted by atomic mass is 10.0. The summed E-state index contributed by atoms with van der Waals surface area (Å²) in [6.07, 6.45) is 1.56. The Hall–Kier alpha value is -2.70. The Labute approximate surface area is 126 Å². The smallest absolute Gasteiger partial charge is 0.329 e. The summed E-state index contributed by atoms with van der Waals surface area (Å²) in [5.74, 6) is -1.98. The van der Waals surface area contributed by atoms with Crippen LogP contribution in [-0.4, -0.2) is 44.3 Å². The summed E-state index contributed by atoms with van der Waals surface area (Å²) in [5, 5.41) is 13.3. The minimum atomic E-state index is -1.35. The van der Waals surface area contributed by atoms with E-state index in [1.165, 1.54) is 55.9 Å². The molecule has 22 heavy (non-hydrogen) atoms. The molecule has 1 N–H and O–H groups in total. The second kappa shape index (κ2) is 5.59. The maximum Gasteiger partial charge on any atom is 0.329 e. The molecule has 0 fully saturated rings. The number of amides is 1. The molecule has 0 spiro atoms. The number of likely N-dealkylation sites (N-methyl/N-ethyl adjacent to an activating group) is 1. The van der Waals surface area contributed by atoms with Gasteiger partial charge in [0.05, 0.1) is 5.69 Å². The summed E-state index contributed by atoms with van der Waals surface area (Å²) in [6, 6.07) is 7.12. The fourth-order valence-corrected chi connectivity index (χ4v) is 1.74. The number of nitrogens with zero attached hydrogens (tertiary/aromatic N) is 3. The third-order valence-corrected chi connectivity index (χ3v) is 3.57. The van der Waals surface area contributed by atoms with Crippen molar-refractivity contribution in [3.05, 3.63) is 48.0 Å². The van der Waals surface area contributed by atoms with Gasteiger partial charge < -0.3 is 10.0 Å². The van der Waals surface area contributed by atoms with E-state index in [0.717, 1.165) is 4.90 Å². The highest BCUT2D eigenvalue weighted by Crippen LogP contribution is 2.16. The molecule has 0 aliphatic heterocycles. The summed E-state index contributed by atoms with van der Waals surface area (Å²) < 4.78 is 14.3. The van der Waals surface area contributed by atoms with Gasteiger partial charge in [0.1, 0.15) is 11.4 Å². The molecule has 0 aliphatic rings. The molecule has 0 radical (unpaired) electrons. The standard InChI is InChI=1S/C15H16FN3O3/c1-15(2,14(21)22)18(3)13(20)12-8-9-19(17-12)11-6-4-10(16)5-7-11/h4-9H,1-3H3,(H,21,22). The van der Waals surface area contributed by atoms with Gasteiger partial charge in [0, 0.05) is 13.2 Å². The maximum atomic E-state index is 12.9. The van der Waals surface area contributed by atoms with E-state index in [2.05, 4.69) is 5.10 Å². The fourth-order valence-electron chi connectivity index (χ4n) is 1.74. The predicted molar refractivity (Wildman–Crippen MR) is 77.3 cm³/mol. The van der Waals surface area contributed by atoms with Gasteiger partial charge in [0.25, 0.3) is 5.91 Å². The van der Waals surface area contributed by atoms with Gasteiger partial charge >= 0.3 is 5.97 Å². The van der Waals surface area contributed by atoms with E-state index in [1.54, 1.807) is 6.20 Å². The van der Waals surface area contributed by atoms with Crippen LogP contribution in [-0.2, 0) is 4.79 Å². The third kappa shape index (κ3) is 2.83. The molecule has 0 saturated heterocycles. The zero-order chi connectivity index (χ0) is 16.5. The number of aliphatic carboxylic acids is 1. The van der Waals surface area contributed by atoms with Crippen molar-refractivity contribution in [1.29, 1.82) is 0 Å². The zero-order valence-electron chi connectivity index (χ0n) is 12.4. The van der Waals surface area contributed by atoms with Crippen LogP contribution in [0.3, 0.4) is 0 Å². The van der Waals surface area contributed by atoms with Gasteiger partial charge in [0.2, 0.25) is 0 Å². The van der Waals surface area contributed by atoms with Crippen LogP contribution < -0.4 is 0 Å². The van der Waals surface area contributed by atoms with Crippen LogP contribution in [0, 0.1) is 5.82 Å². The maximum absolute atomic E-state index is 12.9. The molecule has 1 amide bonds. The number of aromatic nitrogens is 2. The molecule has 7 heteroatoms. The van der Waals surface area contributed by atoms with Crippen LogP contribution in [0.1, 0.15) is 24.3 Å². The van der Waals surface area contributed by atoms with Gasteiger partial charge in [-0.05, 0) is 44.2 Å². The summed E-state index contributed by atoms with van der Waals surface area (Å²) >= 11 is 0. The first-order valence-electron chi connectivity index (χ1n) is 6.56. The van der Waals surface area contributed by atoms with Crippen molar-refractivity contribution in [2.24, 2.45) is 0 Å². The lowest BCUT2D eigenvalue weighted by molar-refractivity contribution is -0.147. The Kier molecular flexibility index (Phi) is 3.99. The Morgan fingerprint density at radius 2 is 1.82 bits per heavy atom. The van der Waals surface area contributed by atoms with E-state index in [-0.39, 0.29) is 11.5 Å². The number of carbonyl (C=O) groups excluding carboxylic acids is 1. The number of rotatable bonds is 4. The van der Waals surface area contributed by atoms with Crippen molar-refractivity contribution >= 4 is 11.9 Å². The van der Waals surface area contributed by atoms with E-state index in [1.807, 2.05) is 0 Å². The first-order chi connectivity index (χ1) is 10.2. The van der Waals surface area contributed by atoms with Crippen molar-refractivity contribution in [2.75, 3.05) is 7.05 Å². The van der Waals surface area contributed by atoms with Gasteiger partial charge in [-0.25, -0.2) is 13.9 Å². The SMILES string of the molecule is CN(C(=O)c1ccn(-c2ccc(F)cc2)n1)C(C)(C)C(=O)O. The second-order valence-corrected chi connectivity index (χ2v) is 5.35. The molecule has 2 rings (SSSR count). The molecule has 0 aliphatic carbocycles. The first kappa shape index (κ1) is 15.7. The molecule has 6 nitrogen and oxygen atoms in total. The molecule has 116 valence electrons. The van der Waals surface area contributed by atoms with E-state index in [4.69, 9.17) is 5.11 Å². The molecule has 1 aromatic carbocycles. The van der Waals surface area contributed by atoms with Crippen LogP contribution in [0.5, 0.6) is 0 Å². The van der Waals surface area contributed by atoms with Crippen molar-refractivity contribution in [3.8, 4) is 5.69 Å². The Morgan fingerprint density at radius 3 is 2.36 bits per heavy atom. The number of carboxylic acids is 1. The Morgan fingerprint density at radius 1 is 1.23 bits per heavy atom. The third-order valence-electron chi connectivity index (χ3n) is 3.57. The highest BCUT2D eigenvalue weighted by Gasteiger charge is 2.36. The van der Waals surface area contributed by atoms with Crippen molar-refractivity contribution in [3.63, 3.8) is 0 Å². The van der Waals surface area contributed by atoms with Gasteiger partial charge in [-0.3, -0.25) is 4.79 Å². The molecule has 0 saturated carbocycles. The number of halogens is 1. The minimum Gasteiger partial charge on any atom is -0.480 e. The molecule has 1 heterocycles. The number of carboxylic acid groups (broad SMARTS) is 1. The normalized spacial score (nSPS) is 11.3. The number of benzene rings is 1. The molecular formula is C15H16FN3O3. The predicted octanol–water partition coefficient (Wildman–Crippen LogP) is 1.95. The number of carbonyl (C=O) groups is 2. The lowest BCUT2D eigenvalue weighted by Crippen LogP contribution is -2.50. The van der Waals surface area contributed by atoms with E-state index >= 15 is 0 Å². The van der Waals surface area contributed by atoms with Crippen LogP contribution >= 0.6 is 0 Å². The number of hydrogen-bond acceptors (Lipinski definition) is 3. The van der Waals surface area contributed by atoms with Gasteiger partial charge in [-0.2, -0.15) is 5.10 Å². The Bertz CT molecular complexity index is 707. The quantitative estimate of drug-likeness (QED) is 0.936. The molecule has 0 bridgehead atoms. The summed E-state index contributed by atoms with van der Waals surface area (Å²) in [5.41, 5.74) is -0.641. The monoisotopic (exact) mass is 305 g/mol. The van der Waals surface area contributed by atoms with Crippen molar-refractivity contribution in [2.45, 2.75) is 19.4 Å². The summed E-state index contributed by atoms with van der Waals surface area (Å²) in [7, 11) is 1.41. The highest BCUT2D eigenvalue weighted by molar-refractivity contribution is 5.95. The van der Waals surface area contributed by atoms with Crippen LogP contribution in [0.25, 0.3) is 5.69 Å². The largest absolute Gasteiger partial charge is 0.480 e. The first-order valence-corrected chi connectivity index (χ1v) is 6.56. The van der Waals surface area contributed by atoms with Crippen molar-refractivity contribution in [1.82, 2.24) is 14.7 Å². The topological polar surface area (TPSA) is 75.4 Å². The zero-order valence-corrected chi connectivity index (χ0v) is 12.4. The molecule has 0 atom stereocenters. The van der Waals surface area contributed by atoms with E-state index in [9.17, 15) is 14.0 Å². The summed E-state index contributed by atoms with van der Waals surface area (Å²) in [6.45, 7) is 2.87. The van der Waals surface area contributed by atoms with Crippen LogP contribution in [0.4, 0.5) is 4.39 Å². The second-order valence-electron chi connectivity index (χ2n) is 5.35. The summed E-state index contributed by atoms with van der Waals surface area (Å²) in [4.78, 5) is 24.6. The molecular weight excluding hydrogens is 289 g/mol. The molecule has 0 unspecified atom stereocenters. The highest BCUT2D eigenvalue weighted by atomic mass is 19.1. The molecule has 2 aromatic rings. The van der Waals surface area contributed by atoms with Gasteiger partial charge in [-0.1, -0.05) is 0 Å². The van der Waals surface area contributed by atoms with Gasteiger partial charge in [0.15, 0.2) is 5.69 Å². The molecule has 1 aromatic heterocycles. The minimum absolute atomic E-state index is 0.112. The van der Waals surface area contributed by atoms with E-state index in [0.29, 0.717) is 5.69 Å². The van der Waals surface area contributed by atoms with Gasteiger partial charge in [-0.15, -0.1) is 0 Å². The lowest BCUT2D eigenvalue weighted by Gasteiger charge is -2.30. The van der Waals surface area contributed by atoms with Crippen LogP contribution in [0.2, 0.25) is 0 Å². The Balaban J connectivity index is 2.26. The van der Waals surface area contributed by atoms with Crippen LogP contribution in [0.15, 0.2) is 36.5 Å². The van der Waals surface area contributed by atoms with Crippen molar-refractivity contribution < 1.29 is 19.1 Å². The number of hydrogen-bond donors (Lipinski definition) is 1. The van der Waals surface area contributed by atoms with E-state index < -0.39 is 17.4 Å².